The minimum absolute atomic E-state index is 0. The largest absolute Gasteiger partial charge is 0.493 e. The summed E-state index contributed by atoms with van der Waals surface area (Å²) >= 11 is 0. The van der Waals surface area contributed by atoms with Crippen LogP contribution in [0, 0.1) is 5.92 Å². The SMILES string of the molecule is CCNC(=NCc1ccc(OCC)c(OC)c1)NCCCOCC1CC1.I. The smallest absolute Gasteiger partial charge is 0.191 e. The van der Waals surface area contributed by atoms with E-state index in [0.717, 1.165) is 61.7 Å². The molecule has 0 amide bonds. The van der Waals surface area contributed by atoms with Crippen molar-refractivity contribution in [3.63, 3.8) is 0 Å². The Morgan fingerprint density at radius 3 is 2.67 bits per heavy atom. The molecule has 6 nitrogen and oxygen atoms in total. The first-order valence-corrected chi connectivity index (χ1v) is 9.66. The van der Waals surface area contributed by atoms with E-state index in [2.05, 4.69) is 22.5 Å². The first-order chi connectivity index (χ1) is 12.8. The number of ether oxygens (including phenoxy) is 3. The molecule has 0 spiro atoms. The van der Waals surface area contributed by atoms with Crippen molar-refractivity contribution in [1.29, 1.82) is 0 Å². The average Bonchev–Trinajstić information content (AvgIpc) is 3.47. The lowest BCUT2D eigenvalue weighted by atomic mass is 10.2. The van der Waals surface area contributed by atoms with Gasteiger partial charge in [-0.3, -0.25) is 0 Å². The number of hydrogen-bond donors (Lipinski definition) is 2. The third kappa shape index (κ3) is 9.51. The van der Waals surface area contributed by atoms with Crippen molar-refractivity contribution < 1.29 is 14.2 Å². The standard InChI is InChI=1S/C20H33N3O3.HI/c1-4-21-20(22-11-6-12-25-15-16-7-8-16)23-14-17-9-10-18(26-5-2)19(13-17)24-3;/h9-10,13,16H,4-8,11-12,14-15H2,1-3H3,(H2,21,22,23);1H. The summed E-state index contributed by atoms with van der Waals surface area (Å²) in [4.78, 5) is 4.65. The number of halogens is 1. The van der Waals surface area contributed by atoms with Gasteiger partial charge in [-0.05, 0) is 56.7 Å². The topological polar surface area (TPSA) is 64.1 Å². The van der Waals surface area contributed by atoms with Crippen molar-refractivity contribution in [2.45, 2.75) is 39.7 Å². The highest BCUT2D eigenvalue weighted by Crippen LogP contribution is 2.29. The van der Waals surface area contributed by atoms with Gasteiger partial charge in [0.05, 0.1) is 20.3 Å². The van der Waals surface area contributed by atoms with E-state index in [1.165, 1.54) is 12.8 Å². The Kier molecular flexibility index (Phi) is 12.2. The average molecular weight is 491 g/mol. The highest BCUT2D eigenvalue weighted by molar-refractivity contribution is 14.0. The first-order valence-electron chi connectivity index (χ1n) is 9.66. The molecule has 7 heteroatoms. The van der Waals surface area contributed by atoms with E-state index in [0.29, 0.717) is 13.2 Å². The van der Waals surface area contributed by atoms with Crippen LogP contribution < -0.4 is 20.1 Å². The number of nitrogens with one attached hydrogen (secondary N) is 2. The monoisotopic (exact) mass is 491 g/mol. The van der Waals surface area contributed by atoms with Crippen LogP contribution in [0.15, 0.2) is 23.2 Å². The van der Waals surface area contributed by atoms with Crippen LogP contribution in [-0.2, 0) is 11.3 Å². The van der Waals surface area contributed by atoms with E-state index in [1.54, 1.807) is 7.11 Å². The number of hydrogen-bond acceptors (Lipinski definition) is 4. The lowest BCUT2D eigenvalue weighted by Crippen LogP contribution is -2.38. The Labute approximate surface area is 180 Å². The van der Waals surface area contributed by atoms with Gasteiger partial charge in [-0.25, -0.2) is 4.99 Å². The molecule has 1 saturated carbocycles. The van der Waals surface area contributed by atoms with Crippen molar-refractivity contribution in [3.05, 3.63) is 23.8 Å². The predicted octanol–water partition coefficient (Wildman–Crippen LogP) is 3.58. The minimum atomic E-state index is 0. The van der Waals surface area contributed by atoms with Gasteiger partial charge in [0.25, 0.3) is 0 Å². The lowest BCUT2D eigenvalue weighted by molar-refractivity contribution is 0.123. The fourth-order valence-corrected chi connectivity index (χ4v) is 2.51. The van der Waals surface area contributed by atoms with Crippen molar-refractivity contribution in [1.82, 2.24) is 10.6 Å². The zero-order chi connectivity index (χ0) is 18.6. The van der Waals surface area contributed by atoms with Crippen molar-refractivity contribution >= 4 is 29.9 Å². The molecule has 1 aliphatic carbocycles. The molecular formula is C20H34IN3O3. The van der Waals surface area contributed by atoms with Gasteiger partial charge in [0.15, 0.2) is 17.5 Å². The molecule has 1 aromatic carbocycles. The Hall–Kier alpha value is -1.22. The van der Waals surface area contributed by atoms with Gasteiger partial charge >= 0.3 is 0 Å². The second-order valence-corrected chi connectivity index (χ2v) is 6.41. The fraction of sp³-hybridized carbons (Fsp3) is 0.650. The van der Waals surface area contributed by atoms with Crippen LogP contribution in [0.25, 0.3) is 0 Å². The van der Waals surface area contributed by atoms with Crippen LogP contribution in [0.3, 0.4) is 0 Å². The first kappa shape index (κ1) is 23.8. The van der Waals surface area contributed by atoms with Gasteiger partial charge in [-0.1, -0.05) is 6.07 Å². The zero-order valence-electron chi connectivity index (χ0n) is 16.8. The van der Waals surface area contributed by atoms with Crippen LogP contribution in [0.5, 0.6) is 11.5 Å². The number of benzene rings is 1. The fourth-order valence-electron chi connectivity index (χ4n) is 2.51. The van der Waals surface area contributed by atoms with E-state index >= 15 is 0 Å². The van der Waals surface area contributed by atoms with Crippen molar-refractivity contribution in [3.8, 4) is 11.5 Å². The Balaban J connectivity index is 0.00000364. The number of nitrogens with zero attached hydrogens (tertiary/aromatic N) is 1. The van der Waals surface area contributed by atoms with E-state index < -0.39 is 0 Å². The van der Waals surface area contributed by atoms with Gasteiger partial charge in [0.1, 0.15) is 0 Å². The summed E-state index contributed by atoms with van der Waals surface area (Å²) in [7, 11) is 1.65. The number of guanidine groups is 1. The minimum Gasteiger partial charge on any atom is -0.493 e. The molecule has 1 aliphatic rings. The molecule has 27 heavy (non-hydrogen) atoms. The van der Waals surface area contributed by atoms with Crippen LogP contribution in [0.2, 0.25) is 0 Å². The number of aliphatic imine (C=N–C) groups is 1. The second kappa shape index (κ2) is 13.9. The zero-order valence-corrected chi connectivity index (χ0v) is 19.1. The van der Waals surface area contributed by atoms with Gasteiger partial charge in [0.2, 0.25) is 0 Å². The predicted molar refractivity (Wildman–Crippen MR) is 121 cm³/mol. The molecule has 0 atom stereocenters. The lowest BCUT2D eigenvalue weighted by Gasteiger charge is -2.12. The second-order valence-electron chi connectivity index (χ2n) is 6.41. The number of rotatable bonds is 12. The van der Waals surface area contributed by atoms with Crippen LogP contribution in [0.1, 0.15) is 38.7 Å². The molecule has 0 heterocycles. The van der Waals surface area contributed by atoms with E-state index in [4.69, 9.17) is 14.2 Å². The summed E-state index contributed by atoms with van der Waals surface area (Å²) in [5.41, 5.74) is 1.08. The molecule has 154 valence electrons. The quantitative estimate of drug-likeness (QED) is 0.203. The summed E-state index contributed by atoms with van der Waals surface area (Å²) in [6.45, 7) is 8.63. The summed E-state index contributed by atoms with van der Waals surface area (Å²) in [5, 5.41) is 6.63. The summed E-state index contributed by atoms with van der Waals surface area (Å²) in [6, 6.07) is 5.93. The molecule has 0 unspecified atom stereocenters. The maximum Gasteiger partial charge on any atom is 0.191 e. The molecule has 0 radical (unpaired) electrons. The normalized spacial score (nSPS) is 13.7. The van der Waals surface area contributed by atoms with Crippen molar-refractivity contribution in [2.24, 2.45) is 10.9 Å². The van der Waals surface area contributed by atoms with E-state index in [-0.39, 0.29) is 24.0 Å². The third-order valence-corrected chi connectivity index (χ3v) is 4.10. The third-order valence-electron chi connectivity index (χ3n) is 4.10. The molecule has 0 aliphatic heterocycles. The molecular weight excluding hydrogens is 457 g/mol. The van der Waals surface area contributed by atoms with Crippen LogP contribution in [0.4, 0.5) is 0 Å². The molecule has 1 aromatic rings. The highest BCUT2D eigenvalue weighted by Gasteiger charge is 2.20. The Bertz CT molecular complexity index is 565. The van der Waals surface area contributed by atoms with Crippen LogP contribution >= 0.6 is 24.0 Å². The van der Waals surface area contributed by atoms with Crippen molar-refractivity contribution in [2.75, 3.05) is 40.0 Å². The molecule has 1 fully saturated rings. The van der Waals surface area contributed by atoms with E-state index in [1.807, 2.05) is 25.1 Å². The Morgan fingerprint density at radius 2 is 2.00 bits per heavy atom. The van der Waals surface area contributed by atoms with Gasteiger partial charge in [0, 0.05) is 26.3 Å². The highest BCUT2D eigenvalue weighted by atomic mass is 127. The van der Waals surface area contributed by atoms with Gasteiger partial charge in [-0.2, -0.15) is 0 Å². The summed E-state index contributed by atoms with van der Waals surface area (Å²) in [6.07, 6.45) is 3.66. The van der Waals surface area contributed by atoms with Gasteiger partial charge < -0.3 is 24.8 Å². The molecule has 2 N–H and O–H groups in total. The maximum atomic E-state index is 5.66. The summed E-state index contributed by atoms with van der Waals surface area (Å²) in [5.74, 6) is 3.15. The van der Waals surface area contributed by atoms with Gasteiger partial charge in [-0.15, -0.1) is 24.0 Å². The van der Waals surface area contributed by atoms with Crippen LogP contribution in [-0.4, -0.2) is 46.0 Å². The summed E-state index contributed by atoms with van der Waals surface area (Å²) < 4.78 is 16.6. The maximum absolute atomic E-state index is 5.66. The molecule has 0 saturated heterocycles. The molecule has 0 aromatic heterocycles. The molecule has 2 rings (SSSR count). The Morgan fingerprint density at radius 1 is 1.19 bits per heavy atom. The van der Waals surface area contributed by atoms with E-state index in [9.17, 15) is 0 Å². The number of methoxy groups -OCH3 is 1. The molecule has 0 bridgehead atoms.